The van der Waals surface area contributed by atoms with Gasteiger partial charge in [-0.2, -0.15) is 0 Å². The van der Waals surface area contributed by atoms with E-state index in [1.807, 2.05) is 4.90 Å². The van der Waals surface area contributed by atoms with E-state index in [-0.39, 0.29) is 10.6 Å². The summed E-state index contributed by atoms with van der Waals surface area (Å²) in [6.07, 6.45) is 6.64. The van der Waals surface area contributed by atoms with Gasteiger partial charge in [0.05, 0.1) is 9.82 Å². The lowest BCUT2D eigenvalue weighted by atomic mass is 9.89. The molecule has 0 bridgehead atoms. The highest BCUT2D eigenvalue weighted by Crippen LogP contribution is 2.32. The number of sulfonamides is 1. The minimum absolute atomic E-state index is 0.0867. The van der Waals surface area contributed by atoms with Crippen LogP contribution in [0.2, 0.25) is 0 Å². The Morgan fingerprint density at radius 2 is 1.81 bits per heavy atom. The van der Waals surface area contributed by atoms with Crippen molar-refractivity contribution < 1.29 is 13.3 Å². The van der Waals surface area contributed by atoms with E-state index in [2.05, 4.69) is 9.62 Å². The highest BCUT2D eigenvalue weighted by atomic mass is 32.2. The quantitative estimate of drug-likeness (QED) is 0.585. The summed E-state index contributed by atoms with van der Waals surface area (Å²) in [5.41, 5.74) is 0.333. The molecule has 27 heavy (non-hydrogen) atoms. The van der Waals surface area contributed by atoms with Crippen LogP contribution in [0.3, 0.4) is 0 Å². The molecule has 1 aliphatic heterocycles. The van der Waals surface area contributed by atoms with Crippen molar-refractivity contribution in [2.24, 2.45) is 5.92 Å². The zero-order valence-electron chi connectivity index (χ0n) is 15.8. The minimum atomic E-state index is -3.71. The van der Waals surface area contributed by atoms with Crippen molar-refractivity contribution >= 4 is 21.4 Å². The fourth-order valence-electron chi connectivity index (χ4n) is 4.11. The topological polar surface area (TPSA) is 95.8 Å². The first-order valence-corrected chi connectivity index (χ1v) is 11.1. The summed E-state index contributed by atoms with van der Waals surface area (Å²) in [6, 6.07) is 4.14. The van der Waals surface area contributed by atoms with Gasteiger partial charge in [0, 0.05) is 38.8 Å². The van der Waals surface area contributed by atoms with E-state index in [0.717, 1.165) is 31.6 Å². The van der Waals surface area contributed by atoms with Crippen molar-refractivity contribution in [2.75, 3.05) is 44.7 Å². The average molecular weight is 397 g/mol. The van der Waals surface area contributed by atoms with Crippen molar-refractivity contribution in [3.05, 3.63) is 28.3 Å². The van der Waals surface area contributed by atoms with E-state index in [1.54, 1.807) is 6.07 Å². The van der Waals surface area contributed by atoms with Crippen molar-refractivity contribution in [2.45, 2.75) is 37.0 Å². The minimum Gasteiger partial charge on any atom is -0.363 e. The Morgan fingerprint density at radius 3 is 2.41 bits per heavy atom. The summed E-state index contributed by atoms with van der Waals surface area (Å²) in [4.78, 5) is 15.4. The molecule has 1 aromatic rings. The molecule has 9 heteroatoms. The first-order valence-electron chi connectivity index (χ1n) is 9.60. The number of nitrogens with one attached hydrogen (secondary N) is 1. The second-order valence-corrected chi connectivity index (χ2v) is 9.29. The molecule has 0 radical (unpaired) electrons. The third-order valence-corrected chi connectivity index (χ3v) is 7.09. The normalized spacial score (nSPS) is 20.0. The monoisotopic (exact) mass is 396 g/mol. The van der Waals surface area contributed by atoms with E-state index in [0.29, 0.717) is 18.8 Å². The van der Waals surface area contributed by atoms with Crippen LogP contribution in [0.25, 0.3) is 0 Å². The van der Waals surface area contributed by atoms with Crippen molar-refractivity contribution in [1.29, 1.82) is 0 Å². The molecule has 0 aromatic heterocycles. The standard InChI is InChI=1S/C18H28N4O4S/c1-19-27(25,26)16-7-8-17(18(13-16)22(23)24)21-11-9-20(10-12-21)14-15-5-3-2-4-6-15/h7-8,13,15,19H,2-6,9-12,14H2,1H3. The van der Waals surface area contributed by atoms with Crippen LogP contribution in [0.1, 0.15) is 32.1 Å². The summed E-state index contributed by atoms with van der Waals surface area (Å²) in [5, 5.41) is 11.5. The maximum absolute atomic E-state index is 11.9. The lowest BCUT2D eigenvalue weighted by Gasteiger charge is -2.38. The molecule has 150 valence electrons. The molecule has 8 nitrogen and oxygen atoms in total. The Bertz CT molecular complexity index is 770. The molecule has 1 saturated carbocycles. The van der Waals surface area contributed by atoms with Crippen molar-refractivity contribution in [3.8, 4) is 0 Å². The molecule has 2 fully saturated rings. The predicted octanol–water partition coefficient (Wildman–Crippen LogP) is 2.21. The van der Waals surface area contributed by atoms with Gasteiger partial charge in [-0.3, -0.25) is 15.0 Å². The zero-order chi connectivity index (χ0) is 19.4. The number of piperazine rings is 1. The van der Waals surface area contributed by atoms with Crippen molar-refractivity contribution in [3.63, 3.8) is 0 Å². The van der Waals surface area contributed by atoms with Crippen LogP contribution in [0.4, 0.5) is 11.4 Å². The molecule has 1 aromatic carbocycles. The van der Waals surface area contributed by atoms with Crippen LogP contribution in [-0.4, -0.2) is 58.0 Å². The molecule has 0 spiro atoms. The summed E-state index contributed by atoms with van der Waals surface area (Å²) in [7, 11) is -2.42. The first-order chi connectivity index (χ1) is 12.9. The number of anilines is 1. The molecule has 1 aliphatic carbocycles. The highest BCUT2D eigenvalue weighted by molar-refractivity contribution is 7.89. The van der Waals surface area contributed by atoms with Gasteiger partial charge >= 0.3 is 0 Å². The second kappa shape index (κ2) is 8.53. The van der Waals surface area contributed by atoms with Crippen LogP contribution < -0.4 is 9.62 Å². The fraction of sp³-hybridized carbons (Fsp3) is 0.667. The first kappa shape index (κ1) is 20.0. The zero-order valence-corrected chi connectivity index (χ0v) is 16.6. The Morgan fingerprint density at radius 1 is 1.15 bits per heavy atom. The lowest BCUT2D eigenvalue weighted by molar-refractivity contribution is -0.384. The van der Waals surface area contributed by atoms with E-state index in [1.165, 1.54) is 45.2 Å². The Balaban J connectivity index is 1.69. The van der Waals surface area contributed by atoms with Crippen LogP contribution >= 0.6 is 0 Å². The average Bonchev–Trinajstić information content (AvgIpc) is 2.69. The Kier molecular flexibility index (Phi) is 6.33. The molecular formula is C18H28N4O4S. The highest BCUT2D eigenvalue weighted by Gasteiger charge is 2.27. The predicted molar refractivity (Wildman–Crippen MR) is 105 cm³/mol. The largest absolute Gasteiger partial charge is 0.363 e. The van der Waals surface area contributed by atoms with Gasteiger partial charge in [0.25, 0.3) is 5.69 Å². The third-order valence-electron chi connectivity index (χ3n) is 5.68. The molecule has 3 rings (SSSR count). The number of hydrogen-bond acceptors (Lipinski definition) is 6. The van der Waals surface area contributed by atoms with Crippen molar-refractivity contribution in [1.82, 2.24) is 9.62 Å². The van der Waals surface area contributed by atoms with Gasteiger partial charge < -0.3 is 4.90 Å². The summed E-state index contributed by atoms with van der Waals surface area (Å²) < 4.78 is 26.1. The number of rotatable bonds is 6. The van der Waals surface area contributed by atoms with Gasteiger partial charge in [-0.15, -0.1) is 0 Å². The van der Waals surface area contributed by atoms with E-state index in [9.17, 15) is 18.5 Å². The Labute approximate surface area is 160 Å². The number of nitrogens with zero attached hydrogens (tertiary/aromatic N) is 3. The van der Waals surface area contributed by atoms with Crippen LogP contribution in [-0.2, 0) is 10.0 Å². The molecule has 1 heterocycles. The van der Waals surface area contributed by atoms with Gasteiger partial charge in [0.2, 0.25) is 10.0 Å². The molecular weight excluding hydrogens is 368 g/mol. The molecule has 0 unspecified atom stereocenters. The summed E-state index contributed by atoms with van der Waals surface area (Å²) >= 11 is 0. The molecule has 2 aliphatic rings. The lowest BCUT2D eigenvalue weighted by Crippen LogP contribution is -2.48. The van der Waals surface area contributed by atoms with E-state index >= 15 is 0 Å². The van der Waals surface area contributed by atoms with E-state index < -0.39 is 14.9 Å². The molecule has 0 atom stereocenters. The molecule has 1 N–H and O–H groups in total. The SMILES string of the molecule is CNS(=O)(=O)c1ccc(N2CCN(CC3CCCCC3)CC2)c([N+](=O)[O-])c1. The van der Waals surface area contributed by atoms with Crippen LogP contribution in [0.5, 0.6) is 0 Å². The maximum atomic E-state index is 11.9. The second-order valence-electron chi connectivity index (χ2n) is 7.41. The number of nitro benzene ring substituents is 1. The van der Waals surface area contributed by atoms with Gasteiger partial charge in [-0.05, 0) is 37.9 Å². The van der Waals surface area contributed by atoms with Gasteiger partial charge in [-0.1, -0.05) is 19.3 Å². The summed E-state index contributed by atoms with van der Waals surface area (Å²) in [6.45, 7) is 4.31. The maximum Gasteiger partial charge on any atom is 0.293 e. The smallest absolute Gasteiger partial charge is 0.293 e. The number of benzene rings is 1. The van der Waals surface area contributed by atoms with Gasteiger partial charge in [0.15, 0.2) is 0 Å². The fourth-order valence-corrected chi connectivity index (χ4v) is 4.86. The molecule has 0 amide bonds. The number of hydrogen-bond donors (Lipinski definition) is 1. The summed E-state index contributed by atoms with van der Waals surface area (Å²) in [5.74, 6) is 0.783. The van der Waals surface area contributed by atoms with Gasteiger partial charge in [-0.25, -0.2) is 13.1 Å². The number of nitro groups is 1. The Hall–Kier alpha value is -1.71. The van der Waals surface area contributed by atoms with Crippen LogP contribution in [0.15, 0.2) is 23.1 Å². The molecule has 1 saturated heterocycles. The third kappa shape index (κ3) is 4.77. The van der Waals surface area contributed by atoms with Crippen LogP contribution in [0, 0.1) is 16.0 Å². The van der Waals surface area contributed by atoms with Gasteiger partial charge in [0.1, 0.15) is 5.69 Å². The van der Waals surface area contributed by atoms with E-state index in [4.69, 9.17) is 0 Å².